The fraction of sp³-hybridized carbons (Fsp3) is 0.611. The number of amides is 1. The number of aliphatic hydroxyl groups excluding tert-OH is 1. The number of para-hydroxylation sites is 1. The third-order valence-electron chi connectivity index (χ3n) is 3.21. The van der Waals surface area contributed by atoms with Crippen molar-refractivity contribution >= 4 is 6.09 Å². The number of carbonyl (C=O) groups is 1. The summed E-state index contributed by atoms with van der Waals surface area (Å²) in [5, 5.41) is 12.7. The quantitative estimate of drug-likeness (QED) is 0.760. The second kappa shape index (κ2) is 9.49. The maximum absolute atomic E-state index is 11.5. The average molecular weight is 338 g/mol. The van der Waals surface area contributed by atoms with Crippen LogP contribution in [-0.2, 0) is 4.74 Å². The fourth-order valence-corrected chi connectivity index (χ4v) is 2.07. The summed E-state index contributed by atoms with van der Waals surface area (Å²) in [5.74, 6) is 0.783. The molecule has 1 unspecified atom stereocenters. The number of aryl methyl sites for hydroxylation is 1. The van der Waals surface area contributed by atoms with Gasteiger partial charge in [-0.05, 0) is 46.4 Å². The summed E-state index contributed by atoms with van der Waals surface area (Å²) in [7, 11) is 1.88. The molecular formula is C18H30N2O4. The van der Waals surface area contributed by atoms with Gasteiger partial charge in [-0.25, -0.2) is 4.79 Å². The van der Waals surface area contributed by atoms with Crippen molar-refractivity contribution in [1.82, 2.24) is 10.2 Å². The molecule has 0 aliphatic rings. The predicted molar refractivity (Wildman–Crippen MR) is 94.4 cm³/mol. The lowest BCUT2D eigenvalue weighted by molar-refractivity contribution is 0.0513. The van der Waals surface area contributed by atoms with Gasteiger partial charge in [-0.3, -0.25) is 0 Å². The first-order valence-corrected chi connectivity index (χ1v) is 8.19. The van der Waals surface area contributed by atoms with Crippen LogP contribution >= 0.6 is 0 Å². The number of rotatable bonds is 8. The summed E-state index contributed by atoms with van der Waals surface area (Å²) in [6, 6.07) is 7.71. The zero-order valence-electron chi connectivity index (χ0n) is 15.3. The van der Waals surface area contributed by atoms with Crippen LogP contribution in [0.1, 0.15) is 26.3 Å². The molecule has 0 aliphatic heterocycles. The van der Waals surface area contributed by atoms with Gasteiger partial charge in [0.15, 0.2) is 0 Å². The summed E-state index contributed by atoms with van der Waals surface area (Å²) >= 11 is 0. The van der Waals surface area contributed by atoms with Gasteiger partial charge in [0.25, 0.3) is 0 Å². The minimum absolute atomic E-state index is 0.231. The van der Waals surface area contributed by atoms with Gasteiger partial charge >= 0.3 is 6.09 Å². The number of nitrogens with one attached hydrogen (secondary N) is 1. The van der Waals surface area contributed by atoms with E-state index in [9.17, 15) is 9.90 Å². The smallest absolute Gasteiger partial charge is 0.407 e. The Kier molecular flexibility index (Phi) is 8.01. The SMILES string of the molecule is Cc1ccccc1OCC(O)CN(C)CCNC(=O)OC(C)(C)C. The van der Waals surface area contributed by atoms with Gasteiger partial charge in [-0.2, -0.15) is 0 Å². The molecule has 6 heteroatoms. The topological polar surface area (TPSA) is 71.0 Å². The van der Waals surface area contributed by atoms with Crippen molar-refractivity contribution in [2.75, 3.05) is 33.3 Å². The minimum atomic E-state index is -0.601. The summed E-state index contributed by atoms with van der Waals surface area (Å²) in [6.45, 7) is 9.20. The van der Waals surface area contributed by atoms with E-state index in [1.165, 1.54) is 0 Å². The number of benzene rings is 1. The van der Waals surface area contributed by atoms with Crippen LogP contribution in [-0.4, -0.2) is 61.1 Å². The highest BCUT2D eigenvalue weighted by Crippen LogP contribution is 2.16. The zero-order chi connectivity index (χ0) is 18.2. The molecule has 0 spiro atoms. The van der Waals surface area contributed by atoms with Crippen molar-refractivity contribution < 1.29 is 19.4 Å². The molecular weight excluding hydrogens is 308 g/mol. The highest BCUT2D eigenvalue weighted by molar-refractivity contribution is 5.67. The van der Waals surface area contributed by atoms with Gasteiger partial charge in [0.2, 0.25) is 0 Å². The van der Waals surface area contributed by atoms with E-state index in [-0.39, 0.29) is 6.61 Å². The third kappa shape index (κ3) is 8.74. The van der Waals surface area contributed by atoms with Crippen LogP contribution in [0.25, 0.3) is 0 Å². The maximum atomic E-state index is 11.5. The Morgan fingerprint density at radius 2 is 2.00 bits per heavy atom. The number of nitrogens with zero attached hydrogens (tertiary/aromatic N) is 1. The molecule has 1 atom stereocenters. The second-order valence-electron chi connectivity index (χ2n) is 6.92. The Labute approximate surface area is 144 Å². The summed E-state index contributed by atoms with van der Waals surface area (Å²) in [5.41, 5.74) is 0.540. The van der Waals surface area contributed by atoms with E-state index in [2.05, 4.69) is 5.32 Å². The van der Waals surface area contributed by atoms with Gasteiger partial charge in [0.1, 0.15) is 24.1 Å². The van der Waals surface area contributed by atoms with E-state index in [1.54, 1.807) is 0 Å². The van der Waals surface area contributed by atoms with E-state index in [4.69, 9.17) is 9.47 Å². The molecule has 1 aromatic rings. The lowest BCUT2D eigenvalue weighted by Gasteiger charge is -2.22. The third-order valence-corrected chi connectivity index (χ3v) is 3.21. The standard InChI is InChI=1S/C18H30N2O4/c1-14-8-6-7-9-16(14)23-13-15(21)12-20(5)11-10-19-17(22)24-18(2,3)4/h6-9,15,21H,10-13H2,1-5H3,(H,19,22). The van der Waals surface area contributed by atoms with E-state index < -0.39 is 17.8 Å². The van der Waals surface area contributed by atoms with E-state index >= 15 is 0 Å². The number of likely N-dealkylation sites (N-methyl/N-ethyl adjacent to an activating group) is 1. The van der Waals surface area contributed by atoms with E-state index in [0.717, 1.165) is 11.3 Å². The number of hydrogen-bond donors (Lipinski definition) is 2. The van der Waals surface area contributed by atoms with Crippen molar-refractivity contribution in [3.05, 3.63) is 29.8 Å². The molecule has 0 heterocycles. The molecule has 136 valence electrons. The molecule has 0 bridgehead atoms. The highest BCUT2D eigenvalue weighted by atomic mass is 16.6. The van der Waals surface area contributed by atoms with Crippen molar-refractivity contribution in [2.24, 2.45) is 0 Å². The van der Waals surface area contributed by atoms with Crippen LogP contribution in [0.3, 0.4) is 0 Å². The fourth-order valence-electron chi connectivity index (χ4n) is 2.07. The molecule has 1 aromatic carbocycles. The van der Waals surface area contributed by atoms with Gasteiger partial charge in [0.05, 0.1) is 0 Å². The predicted octanol–water partition coefficient (Wildman–Crippen LogP) is 2.19. The van der Waals surface area contributed by atoms with Crippen molar-refractivity contribution in [3.63, 3.8) is 0 Å². The Bertz CT molecular complexity index is 514. The number of hydrogen-bond acceptors (Lipinski definition) is 5. The van der Waals surface area contributed by atoms with Gasteiger partial charge < -0.3 is 24.8 Å². The first-order valence-electron chi connectivity index (χ1n) is 8.19. The van der Waals surface area contributed by atoms with Crippen LogP contribution in [0.15, 0.2) is 24.3 Å². The molecule has 0 aliphatic carbocycles. The molecule has 0 saturated carbocycles. The molecule has 1 rings (SSSR count). The van der Waals surface area contributed by atoms with E-state index in [0.29, 0.717) is 19.6 Å². The number of ether oxygens (including phenoxy) is 2. The molecule has 0 radical (unpaired) electrons. The Hall–Kier alpha value is -1.79. The van der Waals surface area contributed by atoms with Crippen molar-refractivity contribution in [1.29, 1.82) is 0 Å². The van der Waals surface area contributed by atoms with Gasteiger partial charge in [0, 0.05) is 19.6 Å². The molecule has 6 nitrogen and oxygen atoms in total. The molecule has 1 amide bonds. The maximum Gasteiger partial charge on any atom is 0.407 e. The van der Waals surface area contributed by atoms with Crippen LogP contribution < -0.4 is 10.1 Å². The number of aliphatic hydroxyl groups is 1. The summed E-state index contributed by atoms with van der Waals surface area (Å²) in [4.78, 5) is 13.5. The van der Waals surface area contributed by atoms with Crippen molar-refractivity contribution in [2.45, 2.75) is 39.4 Å². The first kappa shape index (κ1) is 20.3. The molecule has 24 heavy (non-hydrogen) atoms. The highest BCUT2D eigenvalue weighted by Gasteiger charge is 2.16. The van der Waals surface area contributed by atoms with Crippen LogP contribution in [0, 0.1) is 6.92 Å². The zero-order valence-corrected chi connectivity index (χ0v) is 15.3. The largest absolute Gasteiger partial charge is 0.491 e. The van der Waals surface area contributed by atoms with E-state index in [1.807, 2.05) is 63.9 Å². The average Bonchev–Trinajstić information content (AvgIpc) is 2.44. The second-order valence-corrected chi connectivity index (χ2v) is 6.92. The monoisotopic (exact) mass is 338 g/mol. The lowest BCUT2D eigenvalue weighted by Crippen LogP contribution is -2.40. The Morgan fingerprint density at radius 1 is 1.33 bits per heavy atom. The minimum Gasteiger partial charge on any atom is -0.491 e. The van der Waals surface area contributed by atoms with Crippen molar-refractivity contribution in [3.8, 4) is 5.75 Å². The van der Waals surface area contributed by atoms with Gasteiger partial charge in [-0.15, -0.1) is 0 Å². The van der Waals surface area contributed by atoms with Crippen LogP contribution in [0.5, 0.6) is 5.75 Å². The number of alkyl carbamates (subject to hydrolysis) is 1. The van der Waals surface area contributed by atoms with Gasteiger partial charge in [-0.1, -0.05) is 18.2 Å². The normalized spacial score (nSPS) is 12.8. The molecule has 0 saturated heterocycles. The number of carbonyl (C=O) groups excluding carboxylic acids is 1. The summed E-state index contributed by atoms with van der Waals surface area (Å²) in [6.07, 6.45) is -1.03. The Morgan fingerprint density at radius 3 is 2.62 bits per heavy atom. The summed E-state index contributed by atoms with van der Waals surface area (Å²) < 4.78 is 10.8. The van der Waals surface area contributed by atoms with Crippen LogP contribution in [0.4, 0.5) is 4.79 Å². The van der Waals surface area contributed by atoms with Crippen LogP contribution in [0.2, 0.25) is 0 Å². The lowest BCUT2D eigenvalue weighted by atomic mass is 10.2. The molecule has 0 aromatic heterocycles. The Balaban J connectivity index is 2.21. The molecule has 2 N–H and O–H groups in total. The molecule has 0 fully saturated rings. The first-order chi connectivity index (χ1) is 11.2.